The summed E-state index contributed by atoms with van der Waals surface area (Å²) in [6, 6.07) is 12.5. The van der Waals surface area contributed by atoms with Crippen LogP contribution in [0.4, 0.5) is 17.1 Å². The van der Waals surface area contributed by atoms with E-state index < -0.39 is 0 Å². The molecule has 0 aliphatic carbocycles. The largest absolute Gasteiger partial charge is 0.376 e. The summed E-state index contributed by atoms with van der Waals surface area (Å²) in [5.41, 5.74) is 3.07. The Balaban J connectivity index is 1.97. The summed E-state index contributed by atoms with van der Waals surface area (Å²) in [4.78, 5) is 23.6. The van der Waals surface area contributed by atoms with E-state index in [0.29, 0.717) is 17.1 Å². The van der Waals surface area contributed by atoms with Crippen molar-refractivity contribution in [2.75, 3.05) is 22.5 Å². The minimum absolute atomic E-state index is 0.0473. The van der Waals surface area contributed by atoms with Crippen molar-refractivity contribution < 1.29 is 9.59 Å². The van der Waals surface area contributed by atoms with Crippen molar-refractivity contribution >= 4 is 40.5 Å². The second-order valence-electron chi connectivity index (χ2n) is 5.29. The molecular formula is C18H20ClN3O2. The number of carbonyl (C=O) groups excluding carboxylic acids is 2. The average Bonchev–Trinajstić information content (AvgIpc) is 2.55. The fourth-order valence-corrected chi connectivity index (χ4v) is 2.34. The first kappa shape index (κ1) is 17.8. The molecule has 0 aliphatic rings. The van der Waals surface area contributed by atoms with Crippen LogP contribution in [0.25, 0.3) is 0 Å². The van der Waals surface area contributed by atoms with Crippen molar-refractivity contribution in [3.63, 3.8) is 0 Å². The second-order valence-corrected chi connectivity index (χ2v) is 5.73. The highest BCUT2D eigenvalue weighted by molar-refractivity contribution is 6.30. The number of halogens is 1. The van der Waals surface area contributed by atoms with Crippen molar-refractivity contribution in [1.29, 1.82) is 0 Å². The van der Waals surface area contributed by atoms with E-state index in [0.717, 1.165) is 16.9 Å². The monoisotopic (exact) mass is 345 g/mol. The molecule has 0 spiro atoms. The molecule has 0 heterocycles. The third-order valence-corrected chi connectivity index (χ3v) is 3.71. The van der Waals surface area contributed by atoms with E-state index in [2.05, 4.69) is 16.0 Å². The molecule has 0 radical (unpaired) electrons. The lowest BCUT2D eigenvalue weighted by atomic mass is 10.1. The maximum atomic E-state index is 12.0. The van der Waals surface area contributed by atoms with Crippen LogP contribution in [0.2, 0.25) is 5.02 Å². The molecule has 24 heavy (non-hydrogen) atoms. The second kappa shape index (κ2) is 8.36. The third kappa shape index (κ3) is 4.99. The molecule has 6 heteroatoms. The van der Waals surface area contributed by atoms with Crippen LogP contribution < -0.4 is 16.0 Å². The molecule has 0 saturated carbocycles. The molecule has 0 fully saturated rings. The zero-order valence-electron chi connectivity index (χ0n) is 13.7. The maximum Gasteiger partial charge on any atom is 0.243 e. The Labute approximate surface area is 146 Å². The van der Waals surface area contributed by atoms with Gasteiger partial charge in [-0.1, -0.05) is 30.7 Å². The quantitative estimate of drug-likeness (QED) is 0.739. The standard InChI is InChI=1S/C18H20ClN3O2/c1-3-17(23)22-16-9-5-8-15(12(16)2)20-11-18(24)21-14-7-4-6-13(19)10-14/h4-10,20H,3,11H2,1-2H3,(H,21,24)(H,22,23). The molecule has 2 rings (SSSR count). The van der Waals surface area contributed by atoms with Crippen LogP contribution in [0.3, 0.4) is 0 Å². The highest BCUT2D eigenvalue weighted by Gasteiger charge is 2.08. The molecule has 0 atom stereocenters. The van der Waals surface area contributed by atoms with Gasteiger partial charge in [0.2, 0.25) is 11.8 Å². The van der Waals surface area contributed by atoms with Gasteiger partial charge < -0.3 is 16.0 Å². The third-order valence-electron chi connectivity index (χ3n) is 3.48. The van der Waals surface area contributed by atoms with Crippen LogP contribution in [-0.2, 0) is 9.59 Å². The van der Waals surface area contributed by atoms with Crippen LogP contribution in [0.1, 0.15) is 18.9 Å². The summed E-state index contributed by atoms with van der Waals surface area (Å²) >= 11 is 5.89. The van der Waals surface area contributed by atoms with Gasteiger partial charge in [-0.25, -0.2) is 0 Å². The first-order valence-corrected chi connectivity index (χ1v) is 8.06. The molecule has 0 bridgehead atoms. The first-order chi connectivity index (χ1) is 11.5. The number of anilines is 3. The normalized spacial score (nSPS) is 10.1. The molecule has 5 nitrogen and oxygen atoms in total. The zero-order chi connectivity index (χ0) is 17.5. The number of hydrogen-bond donors (Lipinski definition) is 3. The smallest absolute Gasteiger partial charge is 0.243 e. The lowest BCUT2D eigenvalue weighted by Gasteiger charge is -2.14. The van der Waals surface area contributed by atoms with Gasteiger partial charge in [-0.3, -0.25) is 9.59 Å². The van der Waals surface area contributed by atoms with Gasteiger partial charge in [-0.15, -0.1) is 0 Å². The van der Waals surface area contributed by atoms with E-state index in [4.69, 9.17) is 11.6 Å². The number of rotatable bonds is 6. The maximum absolute atomic E-state index is 12.0. The minimum Gasteiger partial charge on any atom is -0.376 e. The van der Waals surface area contributed by atoms with Crippen LogP contribution in [-0.4, -0.2) is 18.4 Å². The van der Waals surface area contributed by atoms with Gasteiger partial charge in [0.15, 0.2) is 0 Å². The van der Waals surface area contributed by atoms with E-state index in [1.807, 2.05) is 25.1 Å². The fraction of sp³-hybridized carbons (Fsp3) is 0.222. The Bertz CT molecular complexity index is 747. The summed E-state index contributed by atoms with van der Waals surface area (Å²) in [7, 11) is 0. The zero-order valence-corrected chi connectivity index (χ0v) is 14.4. The summed E-state index contributed by atoms with van der Waals surface area (Å²) in [6.07, 6.45) is 0.416. The van der Waals surface area contributed by atoms with Gasteiger partial charge in [0.05, 0.1) is 6.54 Å². The van der Waals surface area contributed by atoms with Crippen molar-refractivity contribution in [2.45, 2.75) is 20.3 Å². The van der Waals surface area contributed by atoms with Gasteiger partial charge >= 0.3 is 0 Å². The van der Waals surface area contributed by atoms with Gasteiger partial charge in [0.25, 0.3) is 0 Å². The summed E-state index contributed by atoms with van der Waals surface area (Å²) in [5.74, 6) is -0.228. The molecule has 3 N–H and O–H groups in total. The van der Waals surface area contributed by atoms with Crippen LogP contribution in [0, 0.1) is 6.92 Å². The van der Waals surface area contributed by atoms with Gasteiger partial charge in [0, 0.05) is 28.5 Å². The van der Waals surface area contributed by atoms with E-state index >= 15 is 0 Å². The van der Waals surface area contributed by atoms with Crippen molar-refractivity contribution in [3.05, 3.63) is 53.1 Å². The number of carbonyl (C=O) groups is 2. The number of nitrogens with one attached hydrogen (secondary N) is 3. The Kier molecular flexibility index (Phi) is 6.21. The Morgan fingerprint density at radius 1 is 1.00 bits per heavy atom. The summed E-state index contributed by atoms with van der Waals surface area (Å²) in [5, 5.41) is 9.26. The molecule has 126 valence electrons. The fourth-order valence-electron chi connectivity index (χ4n) is 2.15. The Morgan fingerprint density at radius 2 is 1.71 bits per heavy atom. The van der Waals surface area contributed by atoms with Gasteiger partial charge in [-0.2, -0.15) is 0 Å². The Morgan fingerprint density at radius 3 is 2.42 bits per heavy atom. The van der Waals surface area contributed by atoms with E-state index in [1.54, 1.807) is 31.2 Å². The molecule has 0 saturated heterocycles. The predicted octanol–water partition coefficient (Wildman–Crippen LogP) is 4.05. The van der Waals surface area contributed by atoms with Crippen LogP contribution in [0.15, 0.2) is 42.5 Å². The average molecular weight is 346 g/mol. The van der Waals surface area contributed by atoms with Crippen LogP contribution in [0.5, 0.6) is 0 Å². The van der Waals surface area contributed by atoms with E-state index in [9.17, 15) is 9.59 Å². The van der Waals surface area contributed by atoms with Crippen molar-refractivity contribution in [3.8, 4) is 0 Å². The van der Waals surface area contributed by atoms with Crippen LogP contribution >= 0.6 is 11.6 Å². The lowest BCUT2D eigenvalue weighted by molar-refractivity contribution is -0.116. The lowest BCUT2D eigenvalue weighted by Crippen LogP contribution is -2.22. The highest BCUT2D eigenvalue weighted by atomic mass is 35.5. The van der Waals surface area contributed by atoms with Crippen molar-refractivity contribution in [2.24, 2.45) is 0 Å². The van der Waals surface area contributed by atoms with E-state index in [-0.39, 0.29) is 18.4 Å². The first-order valence-electron chi connectivity index (χ1n) is 7.68. The molecule has 0 aromatic heterocycles. The van der Waals surface area contributed by atoms with E-state index in [1.165, 1.54) is 0 Å². The molecule has 2 aromatic rings. The molecular weight excluding hydrogens is 326 g/mol. The predicted molar refractivity (Wildman–Crippen MR) is 98.7 cm³/mol. The van der Waals surface area contributed by atoms with Gasteiger partial charge in [-0.05, 0) is 42.8 Å². The minimum atomic E-state index is -0.181. The number of hydrogen-bond acceptors (Lipinski definition) is 3. The van der Waals surface area contributed by atoms with Gasteiger partial charge in [0.1, 0.15) is 0 Å². The molecule has 2 aromatic carbocycles. The van der Waals surface area contributed by atoms with Crippen molar-refractivity contribution in [1.82, 2.24) is 0 Å². The topological polar surface area (TPSA) is 70.2 Å². The number of benzene rings is 2. The molecule has 2 amide bonds. The number of amides is 2. The highest BCUT2D eigenvalue weighted by Crippen LogP contribution is 2.23. The molecule has 0 aliphatic heterocycles. The summed E-state index contributed by atoms with van der Waals surface area (Å²) in [6.45, 7) is 3.80. The summed E-state index contributed by atoms with van der Waals surface area (Å²) < 4.78 is 0. The Hall–Kier alpha value is -2.53. The SMILES string of the molecule is CCC(=O)Nc1cccc(NCC(=O)Nc2cccc(Cl)c2)c1C. The molecule has 0 unspecified atom stereocenters.